The van der Waals surface area contributed by atoms with Crippen LogP contribution in [0.3, 0.4) is 0 Å². The van der Waals surface area contributed by atoms with Gasteiger partial charge in [0.15, 0.2) is 0 Å². The Kier molecular flexibility index (Phi) is 3.62. The number of ether oxygens (including phenoxy) is 2. The Balaban J connectivity index is 1.46. The third-order valence-electron chi connectivity index (χ3n) is 10.4. The van der Waals surface area contributed by atoms with Crippen molar-refractivity contribution < 1.29 is 9.47 Å². The number of piperidine rings is 1. The Bertz CT molecular complexity index is 1020. The van der Waals surface area contributed by atoms with Gasteiger partial charge >= 0.3 is 0 Å². The summed E-state index contributed by atoms with van der Waals surface area (Å²) in [6.07, 6.45) is 8.46. The first-order chi connectivity index (χ1) is 15.1. The van der Waals surface area contributed by atoms with Crippen molar-refractivity contribution >= 4 is 0 Å². The molecule has 5 aliphatic carbocycles. The third-order valence-corrected chi connectivity index (χ3v) is 10.4. The quantitative estimate of drug-likeness (QED) is 0.399. The van der Waals surface area contributed by atoms with Gasteiger partial charge in [-0.15, -0.1) is 0 Å². The number of methoxy groups -OCH3 is 1. The number of benzene rings is 1. The summed E-state index contributed by atoms with van der Waals surface area (Å²) in [4.78, 5) is 5.99. The summed E-state index contributed by atoms with van der Waals surface area (Å²) in [6, 6.07) is 5.22. The number of nitrogens with zero attached hydrogens (tertiary/aromatic N) is 4. The standard InChI is InChI=1S/C25H32N4O2/c1-15-3-6-17-11-19-23-7-8-25(30-2,18(12-23)13-27-28-26)22-24(23,20(17)21(15)31-22)9-10-29(19)14-16-4-5-16/h3,6,16,18-19,22H,4-5,7-14H2,1-2H3/t18?,19-,22?,23-,24+,25?/m1/s1. The van der Waals surface area contributed by atoms with E-state index in [1.165, 1.54) is 55.5 Å². The highest BCUT2D eigenvalue weighted by Gasteiger charge is 2.80. The lowest BCUT2D eigenvalue weighted by molar-refractivity contribution is -0.275. The zero-order valence-electron chi connectivity index (χ0n) is 18.6. The molecule has 0 aromatic heterocycles. The van der Waals surface area contributed by atoms with Crippen molar-refractivity contribution in [2.75, 3.05) is 26.7 Å². The van der Waals surface area contributed by atoms with Crippen LogP contribution in [0.1, 0.15) is 55.2 Å². The molecule has 4 saturated carbocycles. The normalized spacial score (nSPS) is 43.9. The Morgan fingerprint density at radius 1 is 1.29 bits per heavy atom. The van der Waals surface area contributed by atoms with Crippen LogP contribution >= 0.6 is 0 Å². The van der Waals surface area contributed by atoms with E-state index in [0.717, 1.165) is 30.9 Å². The molecule has 164 valence electrons. The van der Waals surface area contributed by atoms with E-state index in [0.29, 0.717) is 12.6 Å². The maximum absolute atomic E-state index is 9.11. The molecular weight excluding hydrogens is 388 g/mol. The number of likely N-dealkylation sites (tertiary alicyclic amines) is 1. The topological polar surface area (TPSA) is 70.5 Å². The van der Waals surface area contributed by atoms with Crippen LogP contribution < -0.4 is 4.74 Å². The fourth-order valence-electron chi connectivity index (χ4n) is 9.05. The van der Waals surface area contributed by atoms with Crippen molar-refractivity contribution in [3.63, 3.8) is 0 Å². The first kappa shape index (κ1) is 18.8. The van der Waals surface area contributed by atoms with Gasteiger partial charge in [-0.2, -0.15) is 0 Å². The highest BCUT2D eigenvalue weighted by Crippen LogP contribution is 2.76. The first-order valence-corrected chi connectivity index (χ1v) is 12.2. The summed E-state index contributed by atoms with van der Waals surface area (Å²) in [7, 11) is 1.86. The van der Waals surface area contributed by atoms with Crippen molar-refractivity contribution in [1.29, 1.82) is 0 Å². The van der Waals surface area contributed by atoms with Crippen LogP contribution in [-0.2, 0) is 16.6 Å². The summed E-state index contributed by atoms with van der Waals surface area (Å²) in [6.45, 7) is 5.15. The van der Waals surface area contributed by atoms with E-state index in [4.69, 9.17) is 15.0 Å². The molecule has 1 aromatic carbocycles. The Labute approximate surface area is 183 Å². The second-order valence-corrected chi connectivity index (χ2v) is 11.3. The van der Waals surface area contributed by atoms with E-state index < -0.39 is 0 Å². The smallest absolute Gasteiger partial charge is 0.138 e. The molecule has 7 aliphatic rings. The summed E-state index contributed by atoms with van der Waals surface area (Å²) >= 11 is 0. The van der Waals surface area contributed by atoms with Crippen molar-refractivity contribution in [3.05, 3.63) is 39.3 Å². The van der Waals surface area contributed by atoms with Crippen molar-refractivity contribution in [2.45, 2.75) is 75.0 Å². The van der Waals surface area contributed by atoms with Gasteiger partial charge in [0.1, 0.15) is 17.5 Å². The lowest BCUT2D eigenvalue weighted by Crippen LogP contribution is -2.81. The SMILES string of the molecule is COC12CC[C@@]3(CC1CN=[N+]=[N-])[C@H]1Cc4ccc(C)c5c4[C@@]3(CCN1CC1CC1)C2O5. The number of aryl methyl sites for hydroxylation is 1. The highest BCUT2D eigenvalue weighted by molar-refractivity contribution is 5.61. The van der Waals surface area contributed by atoms with Crippen LogP contribution in [0.4, 0.5) is 0 Å². The third kappa shape index (κ3) is 2.02. The molecule has 2 heterocycles. The van der Waals surface area contributed by atoms with Gasteiger partial charge in [-0.1, -0.05) is 17.2 Å². The summed E-state index contributed by atoms with van der Waals surface area (Å²) < 4.78 is 13.4. The molecule has 6 nitrogen and oxygen atoms in total. The molecule has 31 heavy (non-hydrogen) atoms. The molecule has 5 fully saturated rings. The summed E-state index contributed by atoms with van der Waals surface area (Å²) in [5.74, 6) is 2.27. The van der Waals surface area contributed by atoms with Crippen molar-refractivity contribution in [1.82, 2.24) is 4.90 Å². The molecule has 2 aliphatic heterocycles. The number of hydrogen-bond donors (Lipinski definition) is 0. The summed E-state index contributed by atoms with van der Waals surface area (Å²) in [5, 5.41) is 4.07. The van der Waals surface area contributed by atoms with Gasteiger partial charge in [-0.3, -0.25) is 4.90 Å². The fourth-order valence-corrected chi connectivity index (χ4v) is 9.05. The van der Waals surface area contributed by atoms with Crippen molar-refractivity contribution in [2.24, 2.45) is 22.4 Å². The number of rotatable bonds is 5. The lowest BCUT2D eigenvalue weighted by Gasteiger charge is -2.74. The Hall–Kier alpha value is -1.75. The monoisotopic (exact) mass is 420 g/mol. The van der Waals surface area contributed by atoms with Crippen molar-refractivity contribution in [3.8, 4) is 5.75 Å². The number of azide groups is 1. The van der Waals surface area contributed by atoms with E-state index >= 15 is 0 Å². The molecule has 6 heteroatoms. The van der Waals surface area contributed by atoms with E-state index in [1.54, 1.807) is 0 Å². The average molecular weight is 421 g/mol. The minimum absolute atomic E-state index is 0.0344. The largest absolute Gasteiger partial charge is 0.486 e. The van der Waals surface area contributed by atoms with Crippen LogP contribution in [0.15, 0.2) is 17.2 Å². The van der Waals surface area contributed by atoms with Crippen LogP contribution in [0.25, 0.3) is 10.4 Å². The van der Waals surface area contributed by atoms with Gasteiger partial charge in [-0.25, -0.2) is 0 Å². The van der Waals surface area contributed by atoms with Gasteiger partial charge in [0.2, 0.25) is 0 Å². The van der Waals surface area contributed by atoms with E-state index in [9.17, 15) is 0 Å². The molecule has 4 bridgehead atoms. The molecule has 6 atom stereocenters. The molecule has 0 radical (unpaired) electrons. The van der Waals surface area contributed by atoms with Gasteiger partial charge in [0.05, 0.1) is 0 Å². The van der Waals surface area contributed by atoms with E-state index in [1.807, 2.05) is 7.11 Å². The zero-order chi connectivity index (χ0) is 21.0. The molecule has 3 unspecified atom stereocenters. The predicted octanol–water partition coefficient (Wildman–Crippen LogP) is 4.53. The van der Waals surface area contributed by atoms with E-state index in [2.05, 4.69) is 34.0 Å². The molecule has 1 aromatic rings. The molecule has 8 rings (SSSR count). The minimum atomic E-state index is -0.362. The van der Waals surface area contributed by atoms with E-state index in [-0.39, 0.29) is 28.5 Å². The van der Waals surface area contributed by atoms with Crippen LogP contribution in [0, 0.1) is 24.2 Å². The second-order valence-electron chi connectivity index (χ2n) is 11.3. The minimum Gasteiger partial charge on any atom is -0.486 e. The average Bonchev–Trinajstić information content (AvgIpc) is 3.52. The first-order valence-electron chi connectivity index (χ1n) is 12.2. The second kappa shape index (κ2) is 5.98. The van der Waals surface area contributed by atoms with Gasteiger partial charge < -0.3 is 9.47 Å². The predicted molar refractivity (Wildman–Crippen MR) is 117 cm³/mol. The number of fused-ring (bicyclic) bond motifs is 2. The Morgan fingerprint density at radius 2 is 2.16 bits per heavy atom. The van der Waals surface area contributed by atoms with Crippen LogP contribution in [0.5, 0.6) is 5.75 Å². The molecule has 1 saturated heterocycles. The van der Waals surface area contributed by atoms with Gasteiger partial charge in [0, 0.05) is 47.5 Å². The highest BCUT2D eigenvalue weighted by atomic mass is 16.6. The maximum Gasteiger partial charge on any atom is 0.138 e. The number of hydrogen-bond acceptors (Lipinski definition) is 4. The van der Waals surface area contributed by atoms with Crippen LogP contribution in [-0.4, -0.2) is 49.4 Å². The van der Waals surface area contributed by atoms with Gasteiger partial charge in [-0.05, 0) is 86.9 Å². The molecule has 0 amide bonds. The maximum atomic E-state index is 9.11. The van der Waals surface area contributed by atoms with Crippen LogP contribution in [0.2, 0.25) is 0 Å². The summed E-state index contributed by atoms with van der Waals surface area (Å²) in [5.41, 5.74) is 13.3. The zero-order valence-corrected chi connectivity index (χ0v) is 18.6. The molecule has 2 spiro atoms. The van der Waals surface area contributed by atoms with Gasteiger partial charge in [0.25, 0.3) is 0 Å². The molecular formula is C25H32N4O2. The Morgan fingerprint density at radius 3 is 2.94 bits per heavy atom. The lowest BCUT2D eigenvalue weighted by atomic mass is 9.35. The molecule has 0 N–H and O–H groups in total. The fraction of sp³-hybridized carbons (Fsp3) is 0.760.